The van der Waals surface area contributed by atoms with Crippen LogP contribution in [-0.4, -0.2) is 12.8 Å². The first-order chi connectivity index (χ1) is 7.16. The smallest absolute Gasteiger partial charge is 0.141 e. The summed E-state index contributed by atoms with van der Waals surface area (Å²) in [7, 11) is 5.32. The zero-order chi connectivity index (χ0) is 10.8. The number of hydrogen-bond donors (Lipinski definition) is 0. The second-order valence-electron chi connectivity index (χ2n) is 3.10. The van der Waals surface area contributed by atoms with Crippen LogP contribution < -0.4 is 5.59 Å². The molecule has 1 nitrogen and oxygen atoms in total. The molecule has 0 bridgehead atoms. The molecule has 4 heteroatoms. The van der Waals surface area contributed by atoms with Gasteiger partial charge in [-0.05, 0) is 29.4 Å². The van der Waals surface area contributed by atoms with Gasteiger partial charge in [0.2, 0.25) is 0 Å². The highest BCUT2D eigenvalue weighted by Crippen LogP contribution is 2.20. The standard InChI is InChI=1S/C11H6BF2N/c12-11-5-10(14)9(6-15-11)7-1-3-8(13)4-2-7/h1-6H. The topological polar surface area (TPSA) is 12.9 Å². The van der Waals surface area contributed by atoms with Gasteiger partial charge in [-0.15, -0.1) is 0 Å². The number of hydrogen-bond acceptors (Lipinski definition) is 1. The van der Waals surface area contributed by atoms with Crippen molar-refractivity contribution in [2.24, 2.45) is 0 Å². The van der Waals surface area contributed by atoms with E-state index in [1.807, 2.05) is 0 Å². The van der Waals surface area contributed by atoms with Crippen LogP contribution in [0.3, 0.4) is 0 Å². The molecule has 2 rings (SSSR count). The van der Waals surface area contributed by atoms with Crippen molar-refractivity contribution in [3.63, 3.8) is 0 Å². The van der Waals surface area contributed by atoms with E-state index < -0.39 is 5.82 Å². The molecule has 0 saturated heterocycles. The maximum atomic E-state index is 13.4. The molecule has 0 spiro atoms. The molecule has 2 aromatic rings. The zero-order valence-corrected chi connectivity index (χ0v) is 7.74. The van der Waals surface area contributed by atoms with Crippen LogP contribution in [0, 0.1) is 11.6 Å². The Hall–Kier alpha value is -1.71. The highest BCUT2D eigenvalue weighted by Gasteiger charge is 2.05. The fourth-order valence-electron chi connectivity index (χ4n) is 1.29. The second kappa shape index (κ2) is 3.81. The quantitative estimate of drug-likeness (QED) is 0.641. The summed E-state index contributed by atoms with van der Waals surface area (Å²) in [6, 6.07) is 6.66. The van der Waals surface area contributed by atoms with Gasteiger partial charge in [-0.2, -0.15) is 0 Å². The molecule has 1 aromatic heterocycles. The van der Waals surface area contributed by atoms with Crippen molar-refractivity contribution >= 4 is 13.4 Å². The van der Waals surface area contributed by atoms with Gasteiger partial charge in [0.05, 0.1) is 0 Å². The Balaban J connectivity index is 2.49. The van der Waals surface area contributed by atoms with E-state index >= 15 is 0 Å². The Morgan fingerprint density at radius 2 is 1.73 bits per heavy atom. The lowest BCUT2D eigenvalue weighted by atomic mass is 10.0. The molecule has 0 aliphatic heterocycles. The Morgan fingerprint density at radius 3 is 2.33 bits per heavy atom. The van der Waals surface area contributed by atoms with Gasteiger partial charge >= 0.3 is 0 Å². The van der Waals surface area contributed by atoms with Crippen LogP contribution in [0.2, 0.25) is 0 Å². The van der Waals surface area contributed by atoms with Crippen molar-refractivity contribution in [1.29, 1.82) is 0 Å². The molecule has 2 radical (unpaired) electrons. The predicted molar refractivity (Wildman–Crippen MR) is 55.0 cm³/mol. The molecule has 0 fully saturated rings. The Labute approximate surface area is 87.2 Å². The Bertz CT molecular complexity index is 482. The van der Waals surface area contributed by atoms with Crippen LogP contribution in [0.5, 0.6) is 0 Å². The average Bonchev–Trinajstić information content (AvgIpc) is 2.20. The van der Waals surface area contributed by atoms with Crippen molar-refractivity contribution in [3.05, 3.63) is 48.2 Å². The summed E-state index contributed by atoms with van der Waals surface area (Å²) in [6.07, 6.45) is 1.33. The normalized spacial score (nSPS) is 10.3. The molecular formula is C11H6BF2N. The van der Waals surface area contributed by atoms with Crippen LogP contribution in [0.25, 0.3) is 11.1 Å². The first-order valence-electron chi connectivity index (χ1n) is 4.34. The monoisotopic (exact) mass is 201 g/mol. The highest BCUT2D eigenvalue weighted by molar-refractivity contribution is 6.30. The third-order valence-electron chi connectivity index (χ3n) is 2.03. The molecule has 0 atom stereocenters. The predicted octanol–water partition coefficient (Wildman–Crippen LogP) is 1.82. The van der Waals surface area contributed by atoms with Gasteiger partial charge in [0, 0.05) is 11.8 Å². The number of rotatable bonds is 1. The molecule has 0 unspecified atom stereocenters. The van der Waals surface area contributed by atoms with Crippen molar-refractivity contribution < 1.29 is 8.78 Å². The number of nitrogens with zero attached hydrogens (tertiary/aromatic N) is 1. The van der Waals surface area contributed by atoms with E-state index in [0.29, 0.717) is 11.1 Å². The Kier molecular flexibility index (Phi) is 2.50. The van der Waals surface area contributed by atoms with Gasteiger partial charge in [0.25, 0.3) is 0 Å². The molecule has 1 heterocycles. The van der Waals surface area contributed by atoms with E-state index in [-0.39, 0.29) is 11.4 Å². The van der Waals surface area contributed by atoms with Gasteiger partial charge in [-0.25, -0.2) is 8.78 Å². The summed E-state index contributed by atoms with van der Waals surface area (Å²) in [6.45, 7) is 0. The van der Waals surface area contributed by atoms with E-state index in [4.69, 9.17) is 7.85 Å². The lowest BCUT2D eigenvalue weighted by Gasteiger charge is -2.03. The molecular weight excluding hydrogens is 195 g/mol. The average molecular weight is 201 g/mol. The summed E-state index contributed by atoms with van der Waals surface area (Å²) in [5, 5.41) is 0. The second-order valence-corrected chi connectivity index (χ2v) is 3.10. The number of pyridine rings is 1. The molecule has 0 saturated carbocycles. The van der Waals surface area contributed by atoms with Crippen molar-refractivity contribution in [2.75, 3.05) is 0 Å². The van der Waals surface area contributed by atoms with E-state index in [9.17, 15) is 8.78 Å². The fraction of sp³-hybridized carbons (Fsp3) is 0. The maximum Gasteiger partial charge on any atom is 0.141 e. The van der Waals surface area contributed by atoms with Crippen molar-refractivity contribution in [3.8, 4) is 11.1 Å². The summed E-state index contributed by atoms with van der Waals surface area (Å²) < 4.78 is 26.1. The maximum absolute atomic E-state index is 13.4. The summed E-state index contributed by atoms with van der Waals surface area (Å²) in [5.41, 5.74) is 1.00. The number of benzene rings is 1. The van der Waals surface area contributed by atoms with E-state index in [2.05, 4.69) is 4.98 Å². The molecule has 1 aromatic carbocycles. The Morgan fingerprint density at radius 1 is 1.07 bits per heavy atom. The zero-order valence-electron chi connectivity index (χ0n) is 7.74. The van der Waals surface area contributed by atoms with Crippen LogP contribution in [-0.2, 0) is 0 Å². The third-order valence-corrected chi connectivity index (χ3v) is 2.03. The number of halogens is 2. The number of aromatic nitrogens is 1. The minimum absolute atomic E-state index is 0.123. The van der Waals surface area contributed by atoms with Crippen molar-refractivity contribution in [2.45, 2.75) is 0 Å². The van der Waals surface area contributed by atoms with Crippen molar-refractivity contribution in [1.82, 2.24) is 4.98 Å². The van der Waals surface area contributed by atoms with Crippen LogP contribution in [0.1, 0.15) is 0 Å². The largest absolute Gasteiger partial charge is 0.272 e. The third kappa shape index (κ3) is 2.04. The van der Waals surface area contributed by atoms with Gasteiger partial charge in [-0.3, -0.25) is 4.98 Å². The van der Waals surface area contributed by atoms with Gasteiger partial charge < -0.3 is 0 Å². The molecule has 0 amide bonds. The van der Waals surface area contributed by atoms with Crippen LogP contribution >= 0.6 is 0 Å². The minimum Gasteiger partial charge on any atom is -0.272 e. The fourth-order valence-corrected chi connectivity index (χ4v) is 1.29. The van der Waals surface area contributed by atoms with Gasteiger partial charge in [0.15, 0.2) is 0 Å². The molecule has 0 N–H and O–H groups in total. The van der Waals surface area contributed by atoms with E-state index in [0.717, 1.165) is 6.07 Å². The van der Waals surface area contributed by atoms with E-state index in [1.165, 1.54) is 30.5 Å². The van der Waals surface area contributed by atoms with Crippen LogP contribution in [0.4, 0.5) is 8.78 Å². The lowest BCUT2D eigenvalue weighted by molar-refractivity contribution is 0.625. The lowest BCUT2D eigenvalue weighted by Crippen LogP contribution is -2.08. The van der Waals surface area contributed by atoms with Gasteiger partial charge in [-0.1, -0.05) is 12.1 Å². The summed E-state index contributed by atoms with van der Waals surface area (Å²) >= 11 is 0. The summed E-state index contributed by atoms with van der Waals surface area (Å²) in [4.78, 5) is 3.78. The molecule has 0 aliphatic carbocycles. The molecule has 0 aliphatic rings. The van der Waals surface area contributed by atoms with Crippen LogP contribution in [0.15, 0.2) is 36.5 Å². The first-order valence-corrected chi connectivity index (χ1v) is 4.34. The molecule has 72 valence electrons. The SMILES string of the molecule is [B]c1cc(F)c(-c2ccc(F)cc2)cn1. The van der Waals surface area contributed by atoms with E-state index in [1.54, 1.807) is 0 Å². The van der Waals surface area contributed by atoms with Gasteiger partial charge in [0.1, 0.15) is 19.5 Å². The highest BCUT2D eigenvalue weighted by atomic mass is 19.1. The minimum atomic E-state index is -0.464. The summed E-state index contributed by atoms with van der Waals surface area (Å²) in [5.74, 6) is -0.823. The first kappa shape index (κ1) is 9.83. The molecule has 15 heavy (non-hydrogen) atoms.